The second-order valence-corrected chi connectivity index (χ2v) is 2.58. The predicted molar refractivity (Wildman–Crippen MR) is 33.6 cm³/mol. The molecule has 0 aromatic rings. The third-order valence-electron chi connectivity index (χ3n) is 1.64. The maximum absolute atomic E-state index is 10.3. The molecule has 1 aliphatic heterocycles. The van der Waals surface area contributed by atoms with Crippen LogP contribution >= 0.6 is 0 Å². The third-order valence-corrected chi connectivity index (χ3v) is 1.64. The van der Waals surface area contributed by atoms with E-state index in [1.807, 2.05) is 0 Å². The molecule has 11 heavy (non-hydrogen) atoms. The number of cyclic esters (lactones) is 1. The van der Waals surface area contributed by atoms with E-state index in [4.69, 9.17) is 15.3 Å². The summed E-state index contributed by atoms with van der Waals surface area (Å²) in [5.41, 5.74) is 0. The fourth-order valence-electron chi connectivity index (χ4n) is 0.861. The maximum Gasteiger partial charge on any atom is 0.339 e. The number of esters is 1. The zero-order valence-electron chi connectivity index (χ0n) is 5.97. The van der Waals surface area contributed by atoms with Crippen molar-refractivity contribution >= 4 is 5.97 Å². The quantitative estimate of drug-likeness (QED) is 0.409. The number of carbonyl (C=O) groups excluding carboxylic acids is 1. The Morgan fingerprint density at radius 2 is 2.09 bits per heavy atom. The summed E-state index contributed by atoms with van der Waals surface area (Å²) in [6, 6.07) is 0. The van der Waals surface area contributed by atoms with Gasteiger partial charge in [-0.25, -0.2) is 4.79 Å². The van der Waals surface area contributed by atoms with Crippen molar-refractivity contribution in [3.63, 3.8) is 0 Å². The van der Waals surface area contributed by atoms with Crippen LogP contribution in [0.1, 0.15) is 6.92 Å². The van der Waals surface area contributed by atoms with Gasteiger partial charge in [0.2, 0.25) is 0 Å². The van der Waals surface area contributed by atoms with E-state index in [0.29, 0.717) is 0 Å². The maximum atomic E-state index is 10.3. The van der Waals surface area contributed by atoms with E-state index in [2.05, 4.69) is 4.74 Å². The fourth-order valence-corrected chi connectivity index (χ4v) is 0.861. The first-order chi connectivity index (χ1) is 5.04. The summed E-state index contributed by atoms with van der Waals surface area (Å²) >= 11 is 0. The Morgan fingerprint density at radius 1 is 1.55 bits per heavy atom. The van der Waals surface area contributed by atoms with Gasteiger partial charge in [0.1, 0.15) is 6.10 Å². The van der Waals surface area contributed by atoms with Crippen molar-refractivity contribution in [3.05, 3.63) is 0 Å². The SMILES string of the molecule is C[C@H](O)[C@@H](O)[C@H]1OC(=O)[C@H]1O. The Balaban J connectivity index is 2.45. The predicted octanol–water partition coefficient (Wildman–Crippen LogP) is -1.99. The van der Waals surface area contributed by atoms with E-state index in [1.54, 1.807) is 0 Å². The van der Waals surface area contributed by atoms with Crippen LogP contribution in [0.25, 0.3) is 0 Å². The molecule has 1 saturated heterocycles. The zero-order valence-corrected chi connectivity index (χ0v) is 5.97. The van der Waals surface area contributed by atoms with Crippen LogP contribution in [0.5, 0.6) is 0 Å². The third kappa shape index (κ3) is 1.35. The van der Waals surface area contributed by atoms with Crippen LogP contribution in [0.15, 0.2) is 0 Å². The fraction of sp³-hybridized carbons (Fsp3) is 0.833. The van der Waals surface area contributed by atoms with E-state index in [1.165, 1.54) is 6.92 Å². The van der Waals surface area contributed by atoms with Gasteiger partial charge in [0.05, 0.1) is 6.10 Å². The summed E-state index contributed by atoms with van der Waals surface area (Å²) < 4.78 is 4.38. The summed E-state index contributed by atoms with van der Waals surface area (Å²) in [5.74, 6) is -0.755. The van der Waals surface area contributed by atoms with Gasteiger partial charge in [-0.05, 0) is 6.92 Å². The van der Waals surface area contributed by atoms with Crippen molar-refractivity contribution in [3.8, 4) is 0 Å². The van der Waals surface area contributed by atoms with Crippen LogP contribution in [0, 0.1) is 0 Å². The molecule has 0 aliphatic carbocycles. The minimum absolute atomic E-state index is 0.755. The van der Waals surface area contributed by atoms with E-state index in [0.717, 1.165) is 0 Å². The van der Waals surface area contributed by atoms with Crippen molar-refractivity contribution in [2.75, 3.05) is 0 Å². The highest BCUT2D eigenvalue weighted by Gasteiger charge is 2.46. The first kappa shape index (κ1) is 8.45. The number of carbonyl (C=O) groups is 1. The largest absolute Gasteiger partial charge is 0.454 e. The molecule has 4 atom stereocenters. The Bertz CT molecular complexity index is 166. The lowest BCUT2D eigenvalue weighted by molar-refractivity contribution is -0.219. The lowest BCUT2D eigenvalue weighted by Crippen LogP contribution is -2.58. The first-order valence-electron chi connectivity index (χ1n) is 3.28. The minimum Gasteiger partial charge on any atom is -0.454 e. The molecule has 5 nitrogen and oxygen atoms in total. The van der Waals surface area contributed by atoms with Crippen LogP contribution in [0.2, 0.25) is 0 Å². The van der Waals surface area contributed by atoms with Gasteiger partial charge in [0.25, 0.3) is 0 Å². The lowest BCUT2D eigenvalue weighted by Gasteiger charge is -2.35. The van der Waals surface area contributed by atoms with Gasteiger partial charge in [-0.2, -0.15) is 0 Å². The van der Waals surface area contributed by atoms with Crippen molar-refractivity contribution in [1.82, 2.24) is 0 Å². The molecule has 0 spiro atoms. The van der Waals surface area contributed by atoms with E-state index in [9.17, 15) is 4.79 Å². The van der Waals surface area contributed by atoms with Gasteiger partial charge in [0.15, 0.2) is 12.2 Å². The van der Waals surface area contributed by atoms with Crippen LogP contribution < -0.4 is 0 Å². The van der Waals surface area contributed by atoms with Crippen molar-refractivity contribution in [2.45, 2.75) is 31.3 Å². The van der Waals surface area contributed by atoms with Crippen molar-refractivity contribution in [2.24, 2.45) is 0 Å². The van der Waals surface area contributed by atoms with Gasteiger partial charge < -0.3 is 20.1 Å². The Hall–Kier alpha value is -0.650. The smallest absolute Gasteiger partial charge is 0.339 e. The van der Waals surface area contributed by atoms with Crippen LogP contribution in [-0.4, -0.2) is 45.7 Å². The Labute approximate surface area is 63.2 Å². The normalized spacial score (nSPS) is 35.5. The molecule has 5 heteroatoms. The molecule has 0 amide bonds. The van der Waals surface area contributed by atoms with Crippen LogP contribution in [-0.2, 0) is 9.53 Å². The summed E-state index contributed by atoms with van der Waals surface area (Å²) in [5, 5.41) is 26.7. The standard InChI is InChI=1S/C6H10O5/c1-2(7)3(8)5-4(9)6(10)11-5/h2-5,7-9H,1H3/t2-,3+,4-,5+/m0/s1. The average molecular weight is 162 g/mol. The highest BCUT2D eigenvalue weighted by Crippen LogP contribution is 2.19. The molecule has 1 heterocycles. The van der Waals surface area contributed by atoms with Gasteiger partial charge in [-0.15, -0.1) is 0 Å². The molecule has 0 saturated carbocycles. The summed E-state index contributed by atoms with van der Waals surface area (Å²) in [7, 11) is 0. The molecule has 0 aromatic carbocycles. The topological polar surface area (TPSA) is 87.0 Å². The highest BCUT2D eigenvalue weighted by molar-refractivity contribution is 5.80. The molecule has 1 aliphatic rings. The molecule has 0 aromatic heterocycles. The zero-order chi connectivity index (χ0) is 8.59. The number of hydrogen-bond acceptors (Lipinski definition) is 5. The number of aliphatic hydroxyl groups is 3. The van der Waals surface area contributed by atoms with E-state index < -0.39 is 30.4 Å². The van der Waals surface area contributed by atoms with Gasteiger partial charge in [-0.1, -0.05) is 0 Å². The van der Waals surface area contributed by atoms with Gasteiger partial charge >= 0.3 is 5.97 Å². The molecule has 1 rings (SSSR count). The second kappa shape index (κ2) is 2.77. The first-order valence-corrected chi connectivity index (χ1v) is 3.28. The number of rotatable bonds is 2. The molecule has 0 bridgehead atoms. The molecule has 0 unspecified atom stereocenters. The molecule has 64 valence electrons. The number of hydrogen-bond donors (Lipinski definition) is 3. The van der Waals surface area contributed by atoms with Gasteiger partial charge in [0, 0.05) is 0 Å². The summed E-state index contributed by atoms with van der Waals surface area (Å²) in [6.07, 6.45) is -4.48. The molecule has 0 radical (unpaired) electrons. The molecule has 3 N–H and O–H groups in total. The molecule has 1 fully saturated rings. The number of ether oxygens (including phenoxy) is 1. The molecular formula is C6H10O5. The summed E-state index contributed by atoms with van der Waals surface area (Å²) in [6.45, 7) is 1.35. The monoisotopic (exact) mass is 162 g/mol. The van der Waals surface area contributed by atoms with Crippen molar-refractivity contribution < 1.29 is 24.9 Å². The lowest BCUT2D eigenvalue weighted by atomic mass is 10.00. The van der Waals surface area contributed by atoms with E-state index in [-0.39, 0.29) is 0 Å². The minimum atomic E-state index is -1.29. The van der Waals surface area contributed by atoms with Crippen molar-refractivity contribution in [1.29, 1.82) is 0 Å². The van der Waals surface area contributed by atoms with Gasteiger partial charge in [-0.3, -0.25) is 0 Å². The average Bonchev–Trinajstić information content (AvgIpc) is 1.98. The van der Waals surface area contributed by atoms with E-state index >= 15 is 0 Å². The second-order valence-electron chi connectivity index (χ2n) is 2.58. The van der Waals surface area contributed by atoms with Crippen LogP contribution in [0.3, 0.4) is 0 Å². The highest BCUT2D eigenvalue weighted by atomic mass is 16.6. The van der Waals surface area contributed by atoms with Crippen LogP contribution in [0.4, 0.5) is 0 Å². The Morgan fingerprint density at radius 3 is 2.36 bits per heavy atom. The number of aliphatic hydroxyl groups excluding tert-OH is 3. The Kier molecular flexibility index (Phi) is 2.12. The summed E-state index contributed by atoms with van der Waals surface area (Å²) in [4.78, 5) is 10.3. The molecular weight excluding hydrogens is 152 g/mol.